The van der Waals surface area contributed by atoms with E-state index in [2.05, 4.69) is 36.7 Å². The van der Waals surface area contributed by atoms with Gasteiger partial charge in [0.2, 0.25) is 0 Å². The quantitative estimate of drug-likeness (QED) is 0.598. The van der Waals surface area contributed by atoms with Gasteiger partial charge in [-0.15, -0.1) is 11.3 Å². The van der Waals surface area contributed by atoms with Crippen LogP contribution in [-0.4, -0.2) is 18.1 Å². The van der Waals surface area contributed by atoms with Crippen molar-refractivity contribution in [2.24, 2.45) is 0 Å². The molecule has 1 fully saturated rings. The maximum atomic E-state index is 12.3. The lowest BCUT2D eigenvalue weighted by Crippen LogP contribution is -2.36. The average molecular weight is 305 g/mol. The summed E-state index contributed by atoms with van der Waals surface area (Å²) in [5.74, 6) is 1.55. The van der Waals surface area contributed by atoms with Crippen molar-refractivity contribution in [3.8, 4) is 0 Å². The number of hydrogen-bond acceptors (Lipinski definition) is 4. The molecule has 2 aromatic heterocycles. The molecule has 0 unspecified atom stereocenters. The smallest absolute Gasteiger partial charge is 0.301 e. The third-order valence-corrected chi connectivity index (χ3v) is 5.64. The second kappa shape index (κ2) is 5.13. The first-order valence-corrected chi connectivity index (χ1v) is 8.49. The van der Waals surface area contributed by atoms with Crippen molar-refractivity contribution in [2.75, 3.05) is 18.0 Å². The molecule has 21 heavy (non-hydrogen) atoms. The van der Waals surface area contributed by atoms with Gasteiger partial charge in [0.15, 0.2) is 5.52 Å². The summed E-state index contributed by atoms with van der Waals surface area (Å²) in [7, 11) is 0. The molecule has 0 saturated carbocycles. The van der Waals surface area contributed by atoms with Crippen molar-refractivity contribution in [3.63, 3.8) is 0 Å². The molecule has 3 heterocycles. The highest BCUT2D eigenvalue weighted by molar-refractivity contribution is 7.19. The van der Waals surface area contributed by atoms with Gasteiger partial charge in [-0.3, -0.25) is 0 Å². The monoisotopic (exact) mass is 305 g/mol. The minimum absolute atomic E-state index is 0.0593. The molecule has 1 saturated heterocycles. The van der Waals surface area contributed by atoms with Crippen molar-refractivity contribution in [1.82, 2.24) is 4.98 Å². The molecule has 0 amide bonds. The third kappa shape index (κ3) is 2.59. The standard InChI is InChI=1S/C16H23N3OS/c1-11-17-15(18-8-6-5-7-9-18)14-12(19(11)20)10-13(21-14)16(2,3)4/h10H,5-9H2,1-4H3. The Labute approximate surface area is 130 Å². The van der Waals surface area contributed by atoms with Crippen LogP contribution >= 0.6 is 11.3 Å². The summed E-state index contributed by atoms with van der Waals surface area (Å²) in [5, 5.41) is 12.3. The Balaban J connectivity index is 2.19. The van der Waals surface area contributed by atoms with Crippen LogP contribution in [0.15, 0.2) is 6.07 Å². The fourth-order valence-corrected chi connectivity index (χ4v) is 4.01. The summed E-state index contributed by atoms with van der Waals surface area (Å²) < 4.78 is 2.02. The Morgan fingerprint density at radius 2 is 1.90 bits per heavy atom. The van der Waals surface area contributed by atoms with Gasteiger partial charge in [-0.05, 0) is 29.7 Å². The summed E-state index contributed by atoms with van der Waals surface area (Å²) in [5.41, 5.74) is 0.835. The van der Waals surface area contributed by atoms with Crippen LogP contribution in [0.2, 0.25) is 0 Å². The molecule has 2 aromatic rings. The fraction of sp³-hybridized carbons (Fsp3) is 0.625. The van der Waals surface area contributed by atoms with Gasteiger partial charge < -0.3 is 10.1 Å². The molecule has 1 aliphatic rings. The lowest BCUT2D eigenvalue weighted by Gasteiger charge is -2.25. The number of aromatic nitrogens is 2. The molecule has 1 aliphatic heterocycles. The molecule has 0 N–H and O–H groups in total. The fourth-order valence-electron chi connectivity index (χ4n) is 2.81. The van der Waals surface area contributed by atoms with Gasteiger partial charge in [0.05, 0.1) is 0 Å². The molecule has 0 aromatic carbocycles. The molecule has 0 spiro atoms. The molecule has 0 atom stereocenters. The Hall–Kier alpha value is -1.36. The molecule has 114 valence electrons. The topological polar surface area (TPSA) is 43.1 Å². The number of aryl methyl sites for hydroxylation is 1. The zero-order valence-corrected chi connectivity index (χ0v) is 14.1. The van der Waals surface area contributed by atoms with E-state index in [1.165, 1.54) is 24.1 Å². The van der Waals surface area contributed by atoms with E-state index in [9.17, 15) is 5.21 Å². The second-order valence-corrected chi connectivity index (χ2v) is 7.95. The first-order valence-electron chi connectivity index (χ1n) is 7.67. The van der Waals surface area contributed by atoms with Gasteiger partial charge in [-0.25, -0.2) is 4.73 Å². The Morgan fingerprint density at radius 3 is 2.52 bits per heavy atom. The van der Waals surface area contributed by atoms with Crippen LogP contribution in [0.3, 0.4) is 0 Å². The number of fused-ring (bicyclic) bond motifs is 1. The van der Waals surface area contributed by atoms with Gasteiger partial charge in [-0.1, -0.05) is 20.8 Å². The van der Waals surface area contributed by atoms with Crippen LogP contribution < -0.4 is 9.63 Å². The number of rotatable bonds is 1. The average Bonchev–Trinajstić information content (AvgIpc) is 2.89. The minimum atomic E-state index is 0.0593. The van der Waals surface area contributed by atoms with E-state index in [4.69, 9.17) is 0 Å². The van der Waals surface area contributed by atoms with E-state index in [1.54, 1.807) is 18.3 Å². The Morgan fingerprint density at radius 1 is 1.24 bits per heavy atom. The third-order valence-electron chi connectivity index (χ3n) is 4.09. The summed E-state index contributed by atoms with van der Waals surface area (Å²) in [6, 6.07) is 2.05. The predicted molar refractivity (Wildman–Crippen MR) is 88.1 cm³/mol. The van der Waals surface area contributed by atoms with Crippen molar-refractivity contribution < 1.29 is 4.73 Å². The van der Waals surface area contributed by atoms with Crippen molar-refractivity contribution in [3.05, 3.63) is 22.0 Å². The second-order valence-electron chi connectivity index (χ2n) is 6.90. The van der Waals surface area contributed by atoms with Crippen molar-refractivity contribution in [1.29, 1.82) is 0 Å². The zero-order valence-electron chi connectivity index (χ0n) is 13.3. The van der Waals surface area contributed by atoms with Crippen LogP contribution in [0, 0.1) is 12.1 Å². The molecule has 0 bridgehead atoms. The van der Waals surface area contributed by atoms with Gasteiger partial charge in [0, 0.05) is 31.0 Å². The first-order chi connectivity index (χ1) is 9.88. The van der Waals surface area contributed by atoms with Crippen LogP contribution in [0.5, 0.6) is 0 Å². The van der Waals surface area contributed by atoms with E-state index in [1.807, 2.05) is 0 Å². The first kappa shape index (κ1) is 14.6. The van der Waals surface area contributed by atoms with Crippen molar-refractivity contribution in [2.45, 2.75) is 52.4 Å². The van der Waals surface area contributed by atoms with E-state index < -0.39 is 0 Å². The number of nitrogens with zero attached hydrogens (tertiary/aromatic N) is 3. The van der Waals surface area contributed by atoms with Crippen LogP contribution in [0.25, 0.3) is 10.2 Å². The molecule has 3 rings (SSSR count). The maximum Gasteiger partial charge on any atom is 0.301 e. The van der Waals surface area contributed by atoms with E-state index in [0.29, 0.717) is 5.82 Å². The highest BCUT2D eigenvalue weighted by Crippen LogP contribution is 2.37. The molecule has 0 aliphatic carbocycles. The van der Waals surface area contributed by atoms with Gasteiger partial charge in [0.1, 0.15) is 4.70 Å². The summed E-state index contributed by atoms with van der Waals surface area (Å²) in [4.78, 5) is 8.20. The minimum Gasteiger partial charge on any atom is -0.710 e. The molecule has 4 nitrogen and oxygen atoms in total. The largest absolute Gasteiger partial charge is 0.710 e. The zero-order chi connectivity index (χ0) is 15.2. The number of thiophene rings is 1. The van der Waals surface area contributed by atoms with Gasteiger partial charge >= 0.3 is 5.82 Å². The lowest BCUT2D eigenvalue weighted by molar-refractivity contribution is -0.587. The number of piperidine rings is 1. The van der Waals surface area contributed by atoms with Crippen LogP contribution in [0.1, 0.15) is 50.7 Å². The molecular formula is C16H23N3OS. The highest BCUT2D eigenvalue weighted by atomic mass is 32.1. The van der Waals surface area contributed by atoms with E-state index in [0.717, 1.165) is 33.9 Å². The molecule has 5 heteroatoms. The predicted octanol–water partition coefficient (Wildman–Crippen LogP) is 3.53. The van der Waals surface area contributed by atoms with Crippen LogP contribution in [0.4, 0.5) is 5.82 Å². The lowest BCUT2D eigenvalue weighted by atomic mass is 9.95. The molecule has 0 radical (unpaired) electrons. The van der Waals surface area contributed by atoms with E-state index in [-0.39, 0.29) is 5.41 Å². The SMILES string of the molecule is Cc1nc(N2CCCCC2)c2sc(C(C)(C)C)cc2[n+]1[O-]. The normalized spacial score (nSPS) is 16.7. The van der Waals surface area contributed by atoms with Crippen LogP contribution in [-0.2, 0) is 5.41 Å². The molecular weight excluding hydrogens is 282 g/mol. The Bertz CT molecular complexity index is 666. The summed E-state index contributed by atoms with van der Waals surface area (Å²) in [6.45, 7) is 10.5. The number of hydrogen-bond donors (Lipinski definition) is 0. The highest BCUT2D eigenvalue weighted by Gasteiger charge is 2.27. The Kier molecular flexibility index (Phi) is 3.56. The van der Waals surface area contributed by atoms with E-state index >= 15 is 0 Å². The summed E-state index contributed by atoms with van der Waals surface area (Å²) in [6.07, 6.45) is 3.72. The maximum absolute atomic E-state index is 12.3. The summed E-state index contributed by atoms with van der Waals surface area (Å²) >= 11 is 1.72. The van der Waals surface area contributed by atoms with Gasteiger partial charge in [0.25, 0.3) is 5.82 Å². The van der Waals surface area contributed by atoms with Gasteiger partial charge in [-0.2, -0.15) is 0 Å². The van der Waals surface area contributed by atoms with Crippen molar-refractivity contribution >= 4 is 27.4 Å². The number of anilines is 1.